The van der Waals surface area contributed by atoms with Gasteiger partial charge in [-0.05, 0) is 124 Å². The van der Waals surface area contributed by atoms with Gasteiger partial charge < -0.3 is 110 Å². The van der Waals surface area contributed by atoms with E-state index in [9.17, 15) is 78.3 Å². The molecule has 0 spiro atoms. The van der Waals surface area contributed by atoms with Crippen LogP contribution in [0, 0.1) is 5.92 Å². The molecule has 708 valence electrons. The van der Waals surface area contributed by atoms with Crippen LogP contribution in [0.3, 0.4) is 0 Å². The van der Waals surface area contributed by atoms with Crippen molar-refractivity contribution in [3.63, 3.8) is 0 Å². The van der Waals surface area contributed by atoms with Crippen molar-refractivity contribution in [2.75, 3.05) is 125 Å². The van der Waals surface area contributed by atoms with Crippen LogP contribution in [0.1, 0.15) is 80.7 Å². The van der Waals surface area contributed by atoms with Gasteiger partial charge in [0.25, 0.3) is 0 Å². The number of carbonyl (C=O) groups is 15. The van der Waals surface area contributed by atoms with Crippen molar-refractivity contribution < 1.29 is 97.5 Å². The number of carboxylic acid groups (broad SMARTS) is 2. The number of likely N-dealkylation sites (tertiary alicyclic amines) is 1. The molecule has 0 aromatic heterocycles. The minimum absolute atomic E-state index is 0.0542. The second-order valence-electron chi connectivity index (χ2n) is 32.3. The molecule has 5 aromatic rings. The highest BCUT2D eigenvalue weighted by atomic mass is 33.1. The fourth-order valence-corrected chi connectivity index (χ4v) is 16.6. The Hall–Kier alpha value is -11.7. The van der Waals surface area contributed by atoms with E-state index in [0.29, 0.717) is 86.6 Å². The van der Waals surface area contributed by atoms with Crippen molar-refractivity contribution in [3.8, 4) is 22.6 Å². The predicted molar refractivity (Wildman–Crippen MR) is 488 cm³/mol. The fraction of sp³-hybridized carbons (Fsp3) is 0.494. The van der Waals surface area contributed by atoms with E-state index in [-0.39, 0.29) is 94.1 Å². The molecule has 2 aliphatic heterocycles. The van der Waals surface area contributed by atoms with Crippen LogP contribution in [0.15, 0.2) is 127 Å². The number of aliphatic hydroxyl groups excluding tert-OH is 1. The molecule has 21 N–H and O–H groups in total. The average Bonchev–Trinajstić information content (AvgIpc) is 1.70. The summed E-state index contributed by atoms with van der Waals surface area (Å²) in [5, 5.41) is 96.2. The molecule has 2 heterocycles. The lowest BCUT2D eigenvalue weighted by molar-refractivity contribution is -0.142. The highest BCUT2D eigenvalue weighted by Gasteiger charge is 2.42. The van der Waals surface area contributed by atoms with Gasteiger partial charge in [-0.1, -0.05) is 139 Å². The van der Waals surface area contributed by atoms with Gasteiger partial charge in [-0.3, -0.25) is 87.0 Å². The van der Waals surface area contributed by atoms with Crippen LogP contribution in [0.4, 0.5) is 0 Å². The van der Waals surface area contributed by atoms with E-state index in [1.54, 1.807) is 62.6 Å². The molecule has 11 atom stereocenters. The third-order valence-electron chi connectivity index (χ3n) is 21.3. The number of benzene rings is 5. The smallest absolute Gasteiger partial charge is 0.305 e. The second-order valence-corrected chi connectivity index (χ2v) is 34.8. The van der Waals surface area contributed by atoms with E-state index < -0.39 is 181 Å². The number of Topliss-reactive ketones (excluding diaryl/α,β-unsaturated/α-hetero) is 1. The zero-order valence-electron chi connectivity index (χ0n) is 74.2. The van der Waals surface area contributed by atoms with Crippen LogP contribution >= 0.6 is 21.6 Å². The average molecular weight is 1850 g/mol. The quantitative estimate of drug-likeness (QED) is 0.0179. The Kier molecular flexibility index (Phi) is 44.9. The zero-order valence-corrected chi connectivity index (χ0v) is 75.9. The maximum atomic E-state index is 15.5. The van der Waals surface area contributed by atoms with Crippen LogP contribution < -0.4 is 85.1 Å². The van der Waals surface area contributed by atoms with Crippen molar-refractivity contribution in [2.45, 2.75) is 152 Å². The van der Waals surface area contributed by atoms with Crippen molar-refractivity contribution in [1.82, 2.24) is 99.8 Å². The van der Waals surface area contributed by atoms with Crippen LogP contribution in [0.2, 0.25) is 0 Å². The van der Waals surface area contributed by atoms with Gasteiger partial charge in [-0.2, -0.15) is 0 Å². The van der Waals surface area contributed by atoms with Crippen LogP contribution in [-0.4, -0.2) is 320 Å². The molecule has 2 fully saturated rings. The number of hydrogen-bond donors (Lipinski definition) is 21. The summed E-state index contributed by atoms with van der Waals surface area (Å²) in [6, 6.07) is 16.8. The third-order valence-corrected chi connectivity index (χ3v) is 23.7. The number of phenols is 2. The summed E-state index contributed by atoms with van der Waals surface area (Å²) in [4.78, 5) is 221. The van der Waals surface area contributed by atoms with E-state index in [1.165, 1.54) is 53.4 Å². The molecule has 2 aliphatic rings. The van der Waals surface area contributed by atoms with Crippen LogP contribution in [0.25, 0.3) is 11.1 Å². The largest absolute Gasteiger partial charge is 0.508 e. The van der Waals surface area contributed by atoms with Crippen molar-refractivity contribution in [2.24, 2.45) is 5.92 Å². The van der Waals surface area contributed by atoms with Crippen molar-refractivity contribution in [3.05, 3.63) is 155 Å². The number of nitrogens with one attached hydrogen (secondary N) is 16. The minimum Gasteiger partial charge on any atom is -0.508 e. The molecule has 12 amide bonds. The van der Waals surface area contributed by atoms with Crippen molar-refractivity contribution in [1.29, 1.82) is 0 Å². The highest BCUT2D eigenvalue weighted by molar-refractivity contribution is 8.76. The molecular formula is C89H125N19O20S2. The first kappa shape index (κ1) is 105. The Morgan fingerprint density at radius 1 is 0.531 bits per heavy atom. The van der Waals surface area contributed by atoms with Gasteiger partial charge in [-0.15, -0.1) is 0 Å². The van der Waals surface area contributed by atoms with E-state index in [1.807, 2.05) is 68.1 Å². The van der Waals surface area contributed by atoms with Gasteiger partial charge in [-0.25, -0.2) is 0 Å². The van der Waals surface area contributed by atoms with Gasteiger partial charge in [0.2, 0.25) is 70.9 Å². The third kappa shape index (κ3) is 36.7. The topological polar surface area (TPSA) is 559 Å². The molecule has 0 aliphatic carbocycles. The number of ketones is 1. The highest BCUT2D eigenvalue weighted by Crippen LogP contribution is 2.27. The Bertz CT molecular complexity index is 4570. The number of carboxylic acids is 2. The fourth-order valence-electron chi connectivity index (χ4n) is 14.3. The molecule has 130 heavy (non-hydrogen) atoms. The zero-order chi connectivity index (χ0) is 94.8. The number of rotatable bonds is 45. The van der Waals surface area contributed by atoms with Gasteiger partial charge >= 0.3 is 11.9 Å². The predicted octanol–water partition coefficient (Wildman–Crippen LogP) is -2.51. The number of aliphatic hydroxyl groups is 1. The van der Waals surface area contributed by atoms with E-state index >= 15 is 19.2 Å². The van der Waals surface area contributed by atoms with E-state index in [2.05, 4.69) is 85.1 Å². The normalized spacial score (nSPS) is 19.0. The first-order valence-electron chi connectivity index (χ1n) is 43.2. The second kappa shape index (κ2) is 55.4. The van der Waals surface area contributed by atoms with Gasteiger partial charge in [0.15, 0.2) is 5.78 Å². The van der Waals surface area contributed by atoms with Crippen LogP contribution in [-0.2, 0) is 104 Å². The molecule has 7 rings (SSSR count). The van der Waals surface area contributed by atoms with Crippen LogP contribution in [0.5, 0.6) is 11.5 Å². The number of hydrogen-bond acceptors (Lipinski definition) is 27. The molecule has 0 saturated carbocycles. The monoisotopic (exact) mass is 1840 g/mol. The summed E-state index contributed by atoms with van der Waals surface area (Å²) in [7, 11) is 8.75. The lowest BCUT2D eigenvalue weighted by Crippen LogP contribution is -2.61. The van der Waals surface area contributed by atoms with E-state index in [0.717, 1.165) is 39.6 Å². The number of likely N-dealkylation sites (N-methyl/N-ethyl adjacent to an activating group) is 4. The molecule has 0 bridgehead atoms. The van der Waals surface area contributed by atoms with Crippen molar-refractivity contribution >= 4 is 110 Å². The lowest BCUT2D eigenvalue weighted by atomic mass is 9.99. The SMILES string of the molecule is CNCCN(CCNC)CC(=O)CN[C@@H](CC(C)C)C(=O)N1CCC[C@H]1C(=O)N[C@H]1CSSC[C@@H](C(=O)N[C@@H](Cc2ccc(-c3ccccc3)cc2)C(=O)N[C@@H](CC(=O)O)C(=O)NCc2cccc(CNC(=O)CN(CCNC)CCNC)c2)NC(=O)[C@H](C(C)O)NC(=O)CNC(=O)[C@H](Cc2ccc(O)cc2)NC(=O)[C@H](Cc2ccc(O)cc2)NC(=O)[C@H](CC(=O)O)NC1=O. The number of aliphatic carboxylic acids is 2. The molecule has 1 unspecified atom stereocenters. The summed E-state index contributed by atoms with van der Waals surface area (Å²) in [6.45, 7) is 8.80. The Labute approximate surface area is 763 Å². The number of nitrogens with zero attached hydrogens (tertiary/aromatic N) is 3. The summed E-state index contributed by atoms with van der Waals surface area (Å²) in [6.07, 6.45) is -4.49. The Balaban J connectivity index is 1.26. The molecule has 41 heteroatoms. The Morgan fingerprint density at radius 2 is 1.07 bits per heavy atom. The first-order valence-corrected chi connectivity index (χ1v) is 45.7. The number of amides is 12. The Morgan fingerprint density at radius 3 is 1.63 bits per heavy atom. The summed E-state index contributed by atoms with van der Waals surface area (Å²) in [5.41, 5.74) is 3.81. The number of phenolic OH excluding ortho intramolecular Hbond substituents is 2. The maximum Gasteiger partial charge on any atom is 0.305 e. The summed E-state index contributed by atoms with van der Waals surface area (Å²) >= 11 is 0. The minimum atomic E-state index is -2.08. The standard InChI is InChI=1S/C89H125N19O20S2/c1-54(2)39-71(94-48-65(112)50-106(35-30-90-4)36-31-91-5)89(128)108-34-12-17-74(108)87(126)103-72-52-129-130-53-73(104-88(127)79(55(3)109)105-75(113)49-97-80(119)66(41-57-20-26-63(110)27-21-57)98-82(121)67(43-58-22-28-64(111)29-23-58)99-84(123)70(45-78(117)118)102-85(72)124)86(125)100-68(42-56-18-24-62(25-19-56)61-15-9-8-10-16-61)83(122)101-69(44-77(115)116)81(120)96-47-60-14-11-13-59(40-60)46-95-76(114)51-107(37-32-92-6)38-33-93-7/h8-11,13-16,18-29,40,54-55,66-74,79,90-94,109-111H,12,17,30-39,41-53H2,1-7H3,(H,95,114)(H,96,120)(H,97,119)(H,98,121)(H,99,123)(H,100,125)(H,101,122)(H,102,124)(H,103,126)(H,104,127)(H,105,113)(H,115,116)(H,117,118)/t55?,66-,67-,68-,69-,70-,71-,72-,73-,74-,79-/m0/s1. The molecule has 0 radical (unpaired) electrons. The van der Waals surface area contributed by atoms with Gasteiger partial charge in [0.05, 0.1) is 51.2 Å². The lowest BCUT2D eigenvalue weighted by Gasteiger charge is -2.31. The molecular weight excluding hydrogens is 1720 g/mol. The summed E-state index contributed by atoms with van der Waals surface area (Å²) in [5.74, 6) is -16.8. The first-order chi connectivity index (χ1) is 62.2. The van der Waals surface area contributed by atoms with Gasteiger partial charge in [0, 0.05) is 103 Å². The molecule has 39 nitrogen and oxygen atoms in total. The molecule has 2 saturated heterocycles. The maximum absolute atomic E-state index is 15.5. The summed E-state index contributed by atoms with van der Waals surface area (Å²) < 4.78 is 0. The van der Waals surface area contributed by atoms with E-state index in [4.69, 9.17) is 0 Å². The number of carbonyl (C=O) groups excluding carboxylic acids is 13. The molecule has 5 aromatic carbocycles. The number of aromatic hydroxyl groups is 2. The van der Waals surface area contributed by atoms with Gasteiger partial charge in [0.1, 0.15) is 65.9 Å².